The first-order valence-corrected chi connectivity index (χ1v) is 9.50. The van der Waals surface area contributed by atoms with Crippen molar-refractivity contribution in [3.05, 3.63) is 59.0 Å². The number of nitrogens with one attached hydrogen (secondary N) is 2. The largest absolute Gasteiger partial charge is 0.357 e. The van der Waals surface area contributed by atoms with Gasteiger partial charge < -0.3 is 15.5 Å². The molecule has 2 heterocycles. The Bertz CT molecular complexity index is 805. The molecule has 1 aliphatic heterocycles. The molecule has 7 heteroatoms. The quantitative estimate of drug-likeness (QED) is 0.370. The van der Waals surface area contributed by atoms with Gasteiger partial charge in [0.25, 0.3) is 0 Å². The van der Waals surface area contributed by atoms with Crippen molar-refractivity contribution in [2.45, 2.75) is 39.3 Å². The molecule has 2 N–H and O–H groups in total. The maximum absolute atomic E-state index is 13.8. The molecule has 0 spiro atoms. The van der Waals surface area contributed by atoms with Crippen LogP contribution in [0.25, 0.3) is 0 Å². The number of aromatic nitrogens is 1. The van der Waals surface area contributed by atoms with Crippen molar-refractivity contribution >= 4 is 35.8 Å². The Morgan fingerprint density at radius 3 is 2.68 bits per heavy atom. The van der Waals surface area contributed by atoms with Crippen molar-refractivity contribution in [2.24, 2.45) is 4.99 Å². The molecule has 1 fully saturated rings. The third kappa shape index (κ3) is 5.80. The summed E-state index contributed by atoms with van der Waals surface area (Å²) >= 11 is 0. The zero-order valence-corrected chi connectivity index (χ0v) is 19.0. The number of benzene rings is 1. The summed E-state index contributed by atoms with van der Waals surface area (Å²) in [6, 6.07) is 9.41. The molecule has 0 radical (unpaired) electrons. The summed E-state index contributed by atoms with van der Waals surface area (Å²) in [6.45, 7) is 6.57. The lowest BCUT2D eigenvalue weighted by molar-refractivity contribution is 0.607. The van der Waals surface area contributed by atoms with E-state index in [9.17, 15) is 4.39 Å². The summed E-state index contributed by atoms with van der Waals surface area (Å²) in [6.07, 6.45) is 4.33. The second kappa shape index (κ2) is 10.6. The van der Waals surface area contributed by atoms with E-state index in [0.717, 1.165) is 30.0 Å². The van der Waals surface area contributed by atoms with E-state index in [1.165, 1.54) is 12.8 Å². The van der Waals surface area contributed by atoms with Crippen LogP contribution in [0.15, 0.2) is 41.5 Å². The van der Waals surface area contributed by atoms with Gasteiger partial charge in [-0.2, -0.15) is 0 Å². The Balaban J connectivity index is 0.00000280. The molecule has 2 aromatic rings. The fourth-order valence-corrected chi connectivity index (χ4v) is 3.24. The van der Waals surface area contributed by atoms with Crippen LogP contribution in [0.4, 0.5) is 10.2 Å². The van der Waals surface area contributed by atoms with Gasteiger partial charge in [-0.1, -0.05) is 12.1 Å². The molecule has 0 amide bonds. The van der Waals surface area contributed by atoms with Gasteiger partial charge >= 0.3 is 0 Å². The van der Waals surface area contributed by atoms with E-state index in [1.807, 2.05) is 25.3 Å². The van der Waals surface area contributed by atoms with E-state index in [2.05, 4.69) is 31.6 Å². The summed E-state index contributed by atoms with van der Waals surface area (Å²) in [5, 5.41) is 6.64. The number of nitrogens with zero attached hydrogens (tertiary/aromatic N) is 3. The first-order valence-electron chi connectivity index (χ1n) is 9.50. The van der Waals surface area contributed by atoms with E-state index in [4.69, 9.17) is 0 Å². The van der Waals surface area contributed by atoms with Crippen molar-refractivity contribution in [3.63, 3.8) is 0 Å². The summed E-state index contributed by atoms with van der Waals surface area (Å²) < 4.78 is 13.8. The maximum Gasteiger partial charge on any atom is 0.191 e. The molecule has 1 aromatic carbocycles. The zero-order chi connectivity index (χ0) is 19.2. The van der Waals surface area contributed by atoms with E-state index in [0.29, 0.717) is 18.1 Å². The van der Waals surface area contributed by atoms with Gasteiger partial charge in [-0.05, 0) is 61.6 Å². The van der Waals surface area contributed by atoms with Crippen molar-refractivity contribution in [1.82, 2.24) is 15.6 Å². The van der Waals surface area contributed by atoms with E-state index >= 15 is 0 Å². The number of halogens is 2. The van der Waals surface area contributed by atoms with Crippen LogP contribution in [0.1, 0.15) is 42.5 Å². The molecule has 0 bridgehead atoms. The Morgan fingerprint density at radius 2 is 2.00 bits per heavy atom. The third-order valence-electron chi connectivity index (χ3n) is 4.97. The molecule has 28 heavy (non-hydrogen) atoms. The SMILES string of the molecule is CN=C(NCc1ccnc(N2CCCC2)c1)NC(C)c1ccc(C)c(F)c1.I. The fraction of sp³-hybridized carbons (Fsp3) is 0.429. The molecule has 0 aliphatic carbocycles. The second-order valence-electron chi connectivity index (χ2n) is 7.02. The van der Waals surface area contributed by atoms with Gasteiger partial charge in [-0.3, -0.25) is 4.99 Å². The van der Waals surface area contributed by atoms with Crippen LogP contribution in [0.3, 0.4) is 0 Å². The summed E-state index contributed by atoms with van der Waals surface area (Å²) in [5.41, 5.74) is 2.70. The molecule has 1 unspecified atom stereocenters. The highest BCUT2D eigenvalue weighted by molar-refractivity contribution is 14.0. The van der Waals surface area contributed by atoms with Crippen LogP contribution in [0, 0.1) is 12.7 Å². The van der Waals surface area contributed by atoms with Crippen LogP contribution in [-0.4, -0.2) is 31.1 Å². The standard InChI is InChI=1S/C21H28FN5.HI/c1-15-6-7-18(13-19(15)22)16(2)26-21(23-3)25-14-17-8-9-24-20(12-17)27-10-4-5-11-27;/h6-9,12-13,16H,4-5,10-11,14H2,1-3H3,(H2,23,25,26);1H. The third-order valence-corrected chi connectivity index (χ3v) is 4.97. The van der Waals surface area contributed by atoms with E-state index < -0.39 is 0 Å². The summed E-state index contributed by atoms with van der Waals surface area (Å²) in [7, 11) is 1.74. The molecule has 1 atom stereocenters. The van der Waals surface area contributed by atoms with Crippen molar-refractivity contribution in [1.29, 1.82) is 0 Å². The Morgan fingerprint density at radius 1 is 1.25 bits per heavy atom. The maximum atomic E-state index is 13.8. The highest BCUT2D eigenvalue weighted by Crippen LogP contribution is 2.19. The monoisotopic (exact) mass is 497 g/mol. The number of anilines is 1. The minimum atomic E-state index is -0.185. The Hall–Kier alpha value is -1.90. The fourth-order valence-electron chi connectivity index (χ4n) is 3.24. The molecule has 152 valence electrons. The van der Waals surface area contributed by atoms with Gasteiger partial charge in [0.1, 0.15) is 11.6 Å². The lowest BCUT2D eigenvalue weighted by atomic mass is 10.1. The lowest BCUT2D eigenvalue weighted by Crippen LogP contribution is -2.38. The molecule has 0 saturated carbocycles. The minimum absolute atomic E-state index is 0. The number of hydrogen-bond donors (Lipinski definition) is 2. The Labute approximate surface area is 183 Å². The predicted octanol–water partition coefficient (Wildman–Crippen LogP) is 4.17. The first kappa shape index (κ1) is 22.4. The number of aliphatic imine (C=N–C) groups is 1. The number of aryl methyl sites for hydroxylation is 1. The average molecular weight is 497 g/mol. The molecule has 1 saturated heterocycles. The minimum Gasteiger partial charge on any atom is -0.357 e. The topological polar surface area (TPSA) is 52.6 Å². The van der Waals surface area contributed by atoms with Crippen LogP contribution in [0.2, 0.25) is 0 Å². The van der Waals surface area contributed by atoms with Crippen LogP contribution in [0.5, 0.6) is 0 Å². The highest BCUT2D eigenvalue weighted by atomic mass is 127. The number of guanidine groups is 1. The summed E-state index contributed by atoms with van der Waals surface area (Å²) in [5.74, 6) is 1.54. The van der Waals surface area contributed by atoms with E-state index in [-0.39, 0.29) is 35.8 Å². The smallest absolute Gasteiger partial charge is 0.191 e. The van der Waals surface area contributed by atoms with Crippen LogP contribution < -0.4 is 15.5 Å². The Kier molecular flexibility index (Phi) is 8.47. The molecule has 5 nitrogen and oxygen atoms in total. The molecular formula is C21H29FIN5. The van der Waals surface area contributed by atoms with Crippen LogP contribution >= 0.6 is 24.0 Å². The van der Waals surface area contributed by atoms with Gasteiger partial charge in [-0.25, -0.2) is 9.37 Å². The molecule has 3 rings (SSSR count). The van der Waals surface area contributed by atoms with Crippen molar-refractivity contribution in [2.75, 3.05) is 25.0 Å². The van der Waals surface area contributed by atoms with Gasteiger partial charge in [0.2, 0.25) is 0 Å². The number of pyridine rings is 1. The highest BCUT2D eigenvalue weighted by Gasteiger charge is 2.14. The van der Waals surface area contributed by atoms with Crippen molar-refractivity contribution < 1.29 is 4.39 Å². The second-order valence-corrected chi connectivity index (χ2v) is 7.02. The van der Waals surface area contributed by atoms with Crippen LogP contribution in [-0.2, 0) is 6.54 Å². The predicted molar refractivity (Wildman–Crippen MR) is 124 cm³/mol. The summed E-state index contributed by atoms with van der Waals surface area (Å²) in [4.78, 5) is 11.1. The van der Waals surface area contributed by atoms with E-state index in [1.54, 1.807) is 26.1 Å². The normalized spacial score (nSPS) is 15.1. The lowest BCUT2D eigenvalue weighted by Gasteiger charge is -2.20. The van der Waals surface area contributed by atoms with Gasteiger partial charge in [-0.15, -0.1) is 24.0 Å². The molecule has 1 aliphatic rings. The first-order chi connectivity index (χ1) is 13.1. The van der Waals surface area contributed by atoms with Gasteiger partial charge in [0, 0.05) is 32.9 Å². The van der Waals surface area contributed by atoms with Gasteiger partial charge in [0.15, 0.2) is 5.96 Å². The average Bonchev–Trinajstić information content (AvgIpc) is 3.22. The zero-order valence-electron chi connectivity index (χ0n) is 16.7. The van der Waals surface area contributed by atoms with Gasteiger partial charge in [0.05, 0.1) is 6.04 Å². The molecule has 1 aromatic heterocycles. The van der Waals surface area contributed by atoms with Crippen molar-refractivity contribution in [3.8, 4) is 0 Å². The number of rotatable bonds is 5. The number of hydrogen-bond acceptors (Lipinski definition) is 3. The molecular weight excluding hydrogens is 468 g/mol.